The van der Waals surface area contributed by atoms with E-state index < -0.39 is 5.97 Å². The number of methoxy groups -OCH3 is 3. The van der Waals surface area contributed by atoms with Gasteiger partial charge in [-0.3, -0.25) is 0 Å². The van der Waals surface area contributed by atoms with Gasteiger partial charge in [0.05, 0.1) is 21.3 Å². The second-order valence-electron chi connectivity index (χ2n) is 5.87. The van der Waals surface area contributed by atoms with E-state index in [-0.39, 0.29) is 12.2 Å². The number of aryl methyl sites for hydroxylation is 1. The zero-order chi connectivity index (χ0) is 20.1. The Morgan fingerprint density at radius 2 is 1.61 bits per heavy atom. The Morgan fingerprint density at radius 3 is 2.25 bits per heavy atom. The van der Waals surface area contributed by atoms with Crippen LogP contribution in [-0.4, -0.2) is 32.3 Å². The van der Waals surface area contributed by atoms with Crippen molar-refractivity contribution in [2.45, 2.75) is 13.5 Å². The lowest BCUT2D eigenvalue weighted by Gasteiger charge is -2.13. The molecule has 0 aliphatic rings. The zero-order valence-electron chi connectivity index (χ0n) is 16.1. The van der Waals surface area contributed by atoms with Crippen LogP contribution in [0.15, 0.2) is 46.9 Å². The van der Waals surface area contributed by atoms with Crippen LogP contribution in [0.4, 0.5) is 0 Å². The lowest BCUT2D eigenvalue weighted by molar-refractivity contribution is 0.0462. The number of benzene rings is 2. The van der Waals surface area contributed by atoms with Crippen LogP contribution in [0.25, 0.3) is 11.5 Å². The molecule has 0 saturated carbocycles. The number of hydrogen-bond acceptors (Lipinski definition) is 7. The second-order valence-corrected chi connectivity index (χ2v) is 5.87. The molecular formula is C21H21NO6. The highest BCUT2D eigenvalue weighted by atomic mass is 16.5. The van der Waals surface area contributed by atoms with E-state index in [9.17, 15) is 4.79 Å². The maximum Gasteiger partial charge on any atom is 0.342 e. The molecule has 0 saturated heterocycles. The van der Waals surface area contributed by atoms with E-state index in [4.69, 9.17) is 23.4 Å². The van der Waals surface area contributed by atoms with Crippen molar-refractivity contribution >= 4 is 5.97 Å². The molecule has 0 aliphatic heterocycles. The average Bonchev–Trinajstić information content (AvgIpc) is 3.12. The molecule has 2 aromatic carbocycles. The van der Waals surface area contributed by atoms with Gasteiger partial charge in [0.15, 0.2) is 11.5 Å². The van der Waals surface area contributed by atoms with Crippen molar-refractivity contribution in [3.63, 3.8) is 0 Å². The number of nitrogens with zero attached hydrogens (tertiary/aromatic N) is 1. The fourth-order valence-corrected chi connectivity index (χ4v) is 2.67. The van der Waals surface area contributed by atoms with Gasteiger partial charge in [-0.15, -0.1) is 0 Å². The van der Waals surface area contributed by atoms with Crippen LogP contribution in [0.3, 0.4) is 0 Å². The van der Waals surface area contributed by atoms with Gasteiger partial charge >= 0.3 is 5.97 Å². The molecule has 0 N–H and O–H groups in total. The van der Waals surface area contributed by atoms with Gasteiger partial charge in [-0.1, -0.05) is 18.2 Å². The van der Waals surface area contributed by atoms with Crippen molar-refractivity contribution in [1.29, 1.82) is 0 Å². The van der Waals surface area contributed by atoms with Gasteiger partial charge in [0.25, 0.3) is 0 Å². The van der Waals surface area contributed by atoms with Gasteiger partial charge in [0, 0.05) is 17.7 Å². The summed E-state index contributed by atoms with van der Waals surface area (Å²) in [5.74, 6) is 1.68. The monoisotopic (exact) mass is 383 g/mol. The highest BCUT2D eigenvalue weighted by Crippen LogP contribution is 2.35. The predicted molar refractivity (Wildman–Crippen MR) is 102 cm³/mol. The molecule has 1 aromatic heterocycles. The molecule has 0 aliphatic carbocycles. The van der Waals surface area contributed by atoms with Crippen molar-refractivity contribution in [2.24, 2.45) is 0 Å². The molecule has 7 heteroatoms. The summed E-state index contributed by atoms with van der Waals surface area (Å²) in [6.07, 6.45) is 0. The smallest absolute Gasteiger partial charge is 0.342 e. The lowest BCUT2D eigenvalue weighted by Crippen LogP contribution is -2.09. The Balaban J connectivity index is 1.78. The van der Waals surface area contributed by atoms with Crippen LogP contribution in [0.5, 0.6) is 17.2 Å². The summed E-state index contributed by atoms with van der Waals surface area (Å²) in [4.78, 5) is 17.0. The molecule has 28 heavy (non-hydrogen) atoms. The Bertz CT molecular complexity index is 965. The summed E-state index contributed by atoms with van der Waals surface area (Å²) in [5, 5.41) is 0. The van der Waals surface area contributed by atoms with E-state index >= 15 is 0 Å². The summed E-state index contributed by atoms with van der Waals surface area (Å²) < 4.78 is 26.9. The third kappa shape index (κ3) is 3.93. The minimum Gasteiger partial charge on any atom is -0.496 e. The van der Waals surface area contributed by atoms with Crippen LogP contribution in [0.2, 0.25) is 0 Å². The maximum absolute atomic E-state index is 12.6. The maximum atomic E-state index is 12.6. The van der Waals surface area contributed by atoms with Gasteiger partial charge in [-0.05, 0) is 19.1 Å². The second kappa shape index (κ2) is 8.47. The van der Waals surface area contributed by atoms with Crippen molar-refractivity contribution in [1.82, 2.24) is 4.98 Å². The minimum absolute atomic E-state index is 0.0293. The number of hydrogen-bond donors (Lipinski definition) is 0. The Hall–Kier alpha value is -3.48. The number of carbonyl (C=O) groups excluding carboxylic acids is 1. The topological polar surface area (TPSA) is 80.0 Å². The average molecular weight is 383 g/mol. The summed E-state index contributed by atoms with van der Waals surface area (Å²) in [5.41, 5.74) is 1.63. The molecule has 1 heterocycles. The summed E-state index contributed by atoms with van der Waals surface area (Å²) in [7, 11) is 4.46. The van der Waals surface area contributed by atoms with E-state index in [1.165, 1.54) is 27.4 Å². The van der Waals surface area contributed by atoms with Crippen molar-refractivity contribution in [3.05, 3.63) is 59.5 Å². The first kappa shape index (κ1) is 19.3. The SMILES string of the molecule is COc1cc(OC)c(C(=O)OCc2nc(-c3ccccc3)oc2C)cc1OC. The molecule has 146 valence electrons. The quantitative estimate of drug-likeness (QED) is 0.570. The molecule has 0 radical (unpaired) electrons. The Kier molecular flexibility index (Phi) is 5.84. The van der Waals surface area contributed by atoms with E-state index in [0.717, 1.165) is 5.56 Å². The van der Waals surface area contributed by atoms with Gasteiger partial charge in [-0.2, -0.15) is 0 Å². The van der Waals surface area contributed by atoms with Gasteiger partial charge in [0.1, 0.15) is 29.4 Å². The van der Waals surface area contributed by atoms with Crippen molar-refractivity contribution in [3.8, 4) is 28.7 Å². The van der Waals surface area contributed by atoms with Gasteiger partial charge in [0.2, 0.25) is 5.89 Å². The summed E-state index contributed by atoms with van der Waals surface area (Å²) >= 11 is 0. The predicted octanol–water partition coefficient (Wildman–Crippen LogP) is 4.03. The van der Waals surface area contributed by atoms with Crippen molar-refractivity contribution in [2.75, 3.05) is 21.3 Å². The molecule has 7 nitrogen and oxygen atoms in total. The third-order valence-corrected chi connectivity index (χ3v) is 4.18. The minimum atomic E-state index is -0.568. The molecule has 0 amide bonds. The Morgan fingerprint density at radius 1 is 0.964 bits per heavy atom. The summed E-state index contributed by atoms with van der Waals surface area (Å²) in [6.45, 7) is 1.75. The summed E-state index contributed by atoms with van der Waals surface area (Å²) in [6, 6.07) is 12.6. The van der Waals surface area contributed by atoms with Crippen LogP contribution in [0, 0.1) is 6.92 Å². The fraction of sp³-hybridized carbons (Fsp3) is 0.238. The molecule has 0 atom stereocenters. The number of aromatic nitrogens is 1. The van der Waals surface area contributed by atoms with E-state index in [0.29, 0.717) is 34.6 Å². The molecule has 0 bridgehead atoms. The first-order chi connectivity index (χ1) is 13.6. The van der Waals surface area contributed by atoms with E-state index in [1.54, 1.807) is 13.0 Å². The molecular weight excluding hydrogens is 362 g/mol. The molecule has 0 unspecified atom stereocenters. The fourth-order valence-electron chi connectivity index (χ4n) is 2.67. The van der Waals surface area contributed by atoms with Gasteiger partial charge < -0.3 is 23.4 Å². The third-order valence-electron chi connectivity index (χ3n) is 4.18. The number of rotatable bonds is 7. The lowest BCUT2D eigenvalue weighted by atomic mass is 10.1. The normalized spacial score (nSPS) is 10.4. The van der Waals surface area contributed by atoms with Crippen molar-refractivity contribution < 1.29 is 28.2 Å². The van der Waals surface area contributed by atoms with Crippen LogP contribution < -0.4 is 14.2 Å². The van der Waals surface area contributed by atoms with E-state index in [2.05, 4.69) is 4.98 Å². The van der Waals surface area contributed by atoms with Crippen LogP contribution in [-0.2, 0) is 11.3 Å². The molecule has 3 aromatic rings. The van der Waals surface area contributed by atoms with Gasteiger partial charge in [-0.25, -0.2) is 9.78 Å². The zero-order valence-corrected chi connectivity index (χ0v) is 16.1. The largest absolute Gasteiger partial charge is 0.496 e. The first-order valence-corrected chi connectivity index (χ1v) is 8.56. The highest BCUT2D eigenvalue weighted by molar-refractivity contribution is 5.93. The number of oxazole rings is 1. The van der Waals surface area contributed by atoms with Crippen LogP contribution in [0.1, 0.15) is 21.8 Å². The van der Waals surface area contributed by atoms with Crippen LogP contribution >= 0.6 is 0 Å². The molecule has 3 rings (SSSR count). The molecule has 0 fully saturated rings. The number of carbonyl (C=O) groups is 1. The first-order valence-electron chi connectivity index (χ1n) is 8.56. The number of esters is 1. The standard InChI is InChI=1S/C21H21NO6/c1-13-16(22-20(28-13)14-8-6-5-7-9-14)12-27-21(23)15-10-18(25-3)19(26-4)11-17(15)24-2/h5-11H,12H2,1-4H3. The Labute approximate surface area is 162 Å². The van der Waals surface area contributed by atoms with E-state index in [1.807, 2.05) is 30.3 Å². The molecule has 0 spiro atoms. The highest BCUT2D eigenvalue weighted by Gasteiger charge is 2.20. The number of ether oxygens (including phenoxy) is 4.